The number of nitrogens with one attached hydrogen (secondary N) is 1. The largest absolute Gasteiger partial charge is 0.457 e. The molecule has 4 unspecified atom stereocenters. The number of carbonyl (C=O) groups is 4. The summed E-state index contributed by atoms with van der Waals surface area (Å²) in [5, 5.41) is 7.14. The number of anilines is 2. The molecular formula is C41H39F2N9O5. The Morgan fingerprint density at radius 2 is 1.65 bits per heavy atom. The van der Waals surface area contributed by atoms with Gasteiger partial charge in [-0.3, -0.25) is 34.3 Å². The monoisotopic (exact) mass is 783 g/mol. The number of aromatic nitrogens is 4. The first-order valence-corrected chi connectivity index (χ1v) is 18.2. The number of imide groups is 2. The average molecular weight is 784 g/mol. The van der Waals surface area contributed by atoms with Crippen molar-refractivity contribution in [1.29, 1.82) is 0 Å². The number of ether oxygens (including phenoxy) is 1. The predicted molar refractivity (Wildman–Crippen MR) is 205 cm³/mol. The minimum absolute atomic E-state index is 0.0643. The summed E-state index contributed by atoms with van der Waals surface area (Å²) in [6, 6.07) is 15.4. The summed E-state index contributed by atoms with van der Waals surface area (Å²) in [6.45, 7) is -14.7. The third-order valence-corrected chi connectivity index (χ3v) is 10.6. The number of piperidine rings is 1. The molecule has 0 bridgehead atoms. The SMILES string of the molecule is [2H]C1([2H])N(CC2CCC(n3nc(-c4ccc(Oc5ccccc5)cc4)c4c(N)ncnc43)C(F)C2)C([2H])([2H])C([2H])([2H])N(c2ccc3c(c2F)C(=O)N(C2CCC(=O)NC2=O)C3=O)C1([2H])[2H]. The zero-order valence-electron chi connectivity index (χ0n) is 38.0. The molecule has 292 valence electrons. The summed E-state index contributed by atoms with van der Waals surface area (Å²) in [5.74, 6) is -5.28. The molecule has 2 saturated heterocycles. The molecule has 5 heterocycles. The molecule has 9 rings (SSSR count). The van der Waals surface area contributed by atoms with E-state index in [9.17, 15) is 19.2 Å². The van der Waals surface area contributed by atoms with Gasteiger partial charge >= 0.3 is 0 Å². The number of para-hydroxylation sites is 1. The Labute approximate surface area is 336 Å². The number of piperazine rings is 1. The third kappa shape index (κ3) is 6.62. The second-order valence-electron chi connectivity index (χ2n) is 14.1. The van der Waals surface area contributed by atoms with E-state index < -0.39 is 103 Å². The molecule has 0 spiro atoms. The highest BCUT2D eigenvalue weighted by atomic mass is 19.1. The van der Waals surface area contributed by atoms with Crippen LogP contribution in [-0.4, -0.2) is 97.9 Å². The van der Waals surface area contributed by atoms with Gasteiger partial charge in [0.1, 0.15) is 41.6 Å². The van der Waals surface area contributed by atoms with Crippen molar-refractivity contribution in [2.45, 2.75) is 50.4 Å². The maximum atomic E-state index is 16.6. The standard InChI is InChI=1S/C41H39F2N9O5/c42-28-20-23(6-12-29(28)52-38-34(37(44)45-22-46-38)36(48-52)24-7-9-26(10-8-24)57-25-4-2-1-3-5-25)21-49-16-18-50(19-17-49)30-13-11-27-33(35(30)43)41(56)51(40(27)55)31-14-15-32(53)47-39(31)54/h1-5,7-11,13,22-23,28-29,31H,6,12,14-21H2,(H2,44,45,46)(H,47,53,54)/i16D2,17D2,18D2,19D2. The molecule has 3 aromatic carbocycles. The van der Waals surface area contributed by atoms with Crippen LogP contribution in [0.15, 0.2) is 73.1 Å². The lowest BCUT2D eigenvalue weighted by molar-refractivity contribution is -0.136. The van der Waals surface area contributed by atoms with E-state index in [0.717, 1.165) is 12.1 Å². The lowest BCUT2D eigenvalue weighted by atomic mass is 9.84. The van der Waals surface area contributed by atoms with Gasteiger partial charge in [-0.2, -0.15) is 5.10 Å². The van der Waals surface area contributed by atoms with Crippen molar-refractivity contribution in [3.05, 3.63) is 90.0 Å². The van der Waals surface area contributed by atoms with Gasteiger partial charge in [0.15, 0.2) is 11.5 Å². The topological polar surface area (TPSA) is 169 Å². The van der Waals surface area contributed by atoms with Crippen molar-refractivity contribution in [3.63, 3.8) is 0 Å². The van der Waals surface area contributed by atoms with Crippen molar-refractivity contribution in [2.75, 3.05) is 43.2 Å². The second kappa shape index (κ2) is 14.7. The molecule has 1 aliphatic carbocycles. The highest BCUT2D eigenvalue weighted by Gasteiger charge is 2.47. The molecular weight excluding hydrogens is 737 g/mol. The van der Waals surface area contributed by atoms with Crippen LogP contribution in [0.1, 0.15) is 69.8 Å². The molecule has 5 aromatic rings. The Morgan fingerprint density at radius 3 is 2.39 bits per heavy atom. The summed E-state index contributed by atoms with van der Waals surface area (Å²) in [5.41, 5.74) is 4.97. The predicted octanol–water partition coefficient (Wildman–Crippen LogP) is 4.91. The van der Waals surface area contributed by atoms with E-state index in [0.29, 0.717) is 37.9 Å². The molecule has 1 saturated carbocycles. The molecule has 16 heteroatoms. The number of hydrogen-bond donors (Lipinski definition) is 2. The minimum Gasteiger partial charge on any atom is -0.457 e. The number of nitrogens with zero attached hydrogens (tertiary/aromatic N) is 7. The summed E-state index contributed by atoms with van der Waals surface area (Å²) in [6.07, 6.45) is -1.04. The maximum Gasteiger partial charge on any atom is 0.265 e. The van der Waals surface area contributed by atoms with Crippen molar-refractivity contribution in [2.24, 2.45) is 5.92 Å². The summed E-state index contributed by atoms with van der Waals surface area (Å²) < 4.78 is 112. The maximum absolute atomic E-state index is 16.6. The number of alkyl halides is 1. The zero-order valence-corrected chi connectivity index (χ0v) is 30.0. The molecule has 3 fully saturated rings. The number of halogens is 2. The van der Waals surface area contributed by atoms with Crippen LogP contribution < -0.4 is 20.7 Å². The van der Waals surface area contributed by atoms with Gasteiger partial charge in [0, 0.05) is 50.0 Å². The quantitative estimate of drug-likeness (QED) is 0.205. The summed E-state index contributed by atoms with van der Waals surface area (Å²) in [7, 11) is 0. The molecule has 4 amide bonds. The Balaban J connectivity index is 0.962. The first kappa shape index (κ1) is 28.2. The highest BCUT2D eigenvalue weighted by Crippen LogP contribution is 2.40. The molecule has 0 radical (unpaired) electrons. The van der Waals surface area contributed by atoms with Gasteiger partial charge in [0.2, 0.25) is 11.8 Å². The average Bonchev–Trinajstić information content (AvgIpc) is 3.76. The van der Waals surface area contributed by atoms with E-state index in [-0.39, 0.29) is 48.5 Å². The normalized spacial score (nSPS) is 28.5. The number of carbonyl (C=O) groups excluding carboxylic acids is 4. The van der Waals surface area contributed by atoms with Gasteiger partial charge in [-0.25, -0.2) is 23.4 Å². The van der Waals surface area contributed by atoms with Crippen LogP contribution >= 0.6 is 0 Å². The fraction of sp³-hybridized carbons (Fsp3) is 0.341. The van der Waals surface area contributed by atoms with Crippen LogP contribution in [0.3, 0.4) is 0 Å². The Kier molecular flexibility index (Phi) is 7.24. The van der Waals surface area contributed by atoms with E-state index in [4.69, 9.17) is 26.5 Å². The molecule has 4 aliphatic rings. The van der Waals surface area contributed by atoms with Crippen LogP contribution in [0, 0.1) is 11.7 Å². The highest BCUT2D eigenvalue weighted by molar-refractivity contribution is 6.24. The van der Waals surface area contributed by atoms with Gasteiger partial charge < -0.3 is 15.4 Å². The number of amides is 4. The number of nitrogens with two attached hydrogens (primary N) is 1. The Hall–Kier alpha value is -6.29. The van der Waals surface area contributed by atoms with Crippen LogP contribution in [-0.2, 0) is 9.59 Å². The second-order valence-corrected chi connectivity index (χ2v) is 14.1. The van der Waals surface area contributed by atoms with E-state index in [2.05, 4.69) is 9.97 Å². The fourth-order valence-electron chi connectivity index (χ4n) is 7.78. The van der Waals surface area contributed by atoms with Crippen molar-refractivity contribution >= 4 is 46.2 Å². The van der Waals surface area contributed by atoms with Crippen molar-refractivity contribution in [3.8, 4) is 22.8 Å². The number of nitrogen functional groups attached to an aromatic ring is 1. The Morgan fingerprint density at radius 1 is 0.895 bits per heavy atom. The number of hydrogen-bond acceptors (Lipinski definition) is 11. The lowest BCUT2D eigenvalue weighted by Gasteiger charge is -2.39. The molecule has 3 aliphatic heterocycles. The van der Waals surface area contributed by atoms with E-state index in [1.54, 1.807) is 24.3 Å². The Bertz CT molecular complexity index is 2760. The molecule has 4 atom stereocenters. The summed E-state index contributed by atoms with van der Waals surface area (Å²) >= 11 is 0. The van der Waals surface area contributed by atoms with E-state index in [1.165, 1.54) is 11.0 Å². The summed E-state index contributed by atoms with van der Waals surface area (Å²) in [4.78, 5) is 60.4. The van der Waals surface area contributed by atoms with Gasteiger partial charge in [-0.1, -0.05) is 18.2 Å². The zero-order chi connectivity index (χ0) is 46.5. The van der Waals surface area contributed by atoms with Crippen LogP contribution in [0.5, 0.6) is 11.5 Å². The smallest absolute Gasteiger partial charge is 0.265 e. The number of rotatable bonds is 8. The van der Waals surface area contributed by atoms with Gasteiger partial charge in [-0.15, -0.1) is 0 Å². The fourth-order valence-corrected chi connectivity index (χ4v) is 7.78. The lowest BCUT2D eigenvalue weighted by Crippen LogP contribution is -2.54. The van der Waals surface area contributed by atoms with Crippen molar-refractivity contribution in [1.82, 2.24) is 34.9 Å². The first-order chi connectivity index (χ1) is 30.7. The van der Waals surface area contributed by atoms with Gasteiger partial charge in [-0.05, 0) is 80.1 Å². The first-order valence-electron chi connectivity index (χ1n) is 22.2. The van der Waals surface area contributed by atoms with Crippen LogP contribution in [0.2, 0.25) is 0 Å². The number of fused-ring (bicyclic) bond motifs is 2. The van der Waals surface area contributed by atoms with E-state index in [1.807, 2.05) is 35.6 Å². The number of benzene rings is 3. The van der Waals surface area contributed by atoms with Crippen LogP contribution in [0.4, 0.5) is 20.3 Å². The molecule has 3 N–H and O–H groups in total. The van der Waals surface area contributed by atoms with E-state index >= 15 is 8.78 Å². The third-order valence-electron chi connectivity index (χ3n) is 10.6. The molecule has 57 heavy (non-hydrogen) atoms. The van der Waals surface area contributed by atoms with Gasteiger partial charge in [0.05, 0.1) is 33.7 Å². The van der Waals surface area contributed by atoms with Crippen molar-refractivity contribution < 1.29 is 43.7 Å². The van der Waals surface area contributed by atoms with Crippen LogP contribution in [0.25, 0.3) is 22.3 Å². The molecule has 14 nitrogen and oxygen atoms in total. The molecule has 2 aromatic heterocycles. The van der Waals surface area contributed by atoms with Gasteiger partial charge in [0.25, 0.3) is 11.8 Å². The minimum atomic E-state index is -3.59.